The third-order valence-electron chi connectivity index (χ3n) is 2.74. The van der Waals surface area contributed by atoms with Gasteiger partial charge in [-0.1, -0.05) is 23.7 Å². The summed E-state index contributed by atoms with van der Waals surface area (Å²) in [6, 6.07) is 9.51. The number of pyridine rings is 1. The van der Waals surface area contributed by atoms with Crippen molar-refractivity contribution in [1.82, 2.24) is 10.4 Å². The van der Waals surface area contributed by atoms with Gasteiger partial charge in [0.2, 0.25) is 0 Å². The molecule has 2 rings (SSSR count). The molecule has 0 radical (unpaired) electrons. The molecule has 2 aromatic rings. The molecule has 1 aromatic heterocycles. The molecule has 3 N–H and O–H groups in total. The molecule has 17 heavy (non-hydrogen) atoms. The van der Waals surface area contributed by atoms with E-state index in [2.05, 4.69) is 10.4 Å². The maximum atomic E-state index is 5.99. The highest BCUT2D eigenvalue weighted by Crippen LogP contribution is 2.25. The first kappa shape index (κ1) is 12.0. The lowest BCUT2D eigenvalue weighted by atomic mass is 9.97. The van der Waals surface area contributed by atoms with Crippen LogP contribution in [0.5, 0.6) is 0 Å². The third kappa shape index (κ3) is 2.64. The first-order valence-corrected chi connectivity index (χ1v) is 5.72. The van der Waals surface area contributed by atoms with E-state index in [1.165, 1.54) is 0 Å². The van der Waals surface area contributed by atoms with E-state index < -0.39 is 0 Å². The number of nitrogens with zero attached hydrogens (tertiary/aromatic N) is 1. The zero-order chi connectivity index (χ0) is 12.3. The average molecular weight is 248 g/mol. The number of nitrogens with one attached hydrogen (secondary N) is 1. The van der Waals surface area contributed by atoms with Crippen molar-refractivity contribution < 1.29 is 0 Å². The molecule has 4 heteroatoms. The van der Waals surface area contributed by atoms with Crippen LogP contribution in [-0.4, -0.2) is 4.98 Å². The van der Waals surface area contributed by atoms with Crippen LogP contribution in [0.1, 0.15) is 22.7 Å². The molecule has 0 spiro atoms. The van der Waals surface area contributed by atoms with E-state index in [1.54, 1.807) is 6.20 Å². The summed E-state index contributed by atoms with van der Waals surface area (Å²) in [6.45, 7) is 2.03. The summed E-state index contributed by atoms with van der Waals surface area (Å²) in [5.41, 5.74) is 6.02. The van der Waals surface area contributed by atoms with Crippen LogP contribution in [0.4, 0.5) is 0 Å². The van der Waals surface area contributed by atoms with Crippen LogP contribution in [-0.2, 0) is 0 Å². The molecular weight excluding hydrogens is 234 g/mol. The molecule has 0 saturated heterocycles. The minimum absolute atomic E-state index is 0.0950. The molecule has 0 amide bonds. The Kier molecular flexibility index (Phi) is 3.74. The summed E-state index contributed by atoms with van der Waals surface area (Å²) in [7, 11) is 0. The Balaban J connectivity index is 2.44. The predicted octanol–water partition coefficient (Wildman–Crippen LogP) is 2.60. The van der Waals surface area contributed by atoms with Crippen molar-refractivity contribution in [3.8, 4) is 0 Å². The molecule has 1 heterocycles. The molecule has 0 fully saturated rings. The second-order valence-electron chi connectivity index (χ2n) is 3.89. The van der Waals surface area contributed by atoms with E-state index in [1.807, 2.05) is 43.5 Å². The van der Waals surface area contributed by atoms with Crippen molar-refractivity contribution in [3.05, 3.63) is 64.4 Å². The van der Waals surface area contributed by atoms with Crippen LogP contribution >= 0.6 is 11.6 Å². The molecule has 1 atom stereocenters. The second kappa shape index (κ2) is 5.27. The summed E-state index contributed by atoms with van der Waals surface area (Å²) < 4.78 is 0. The maximum absolute atomic E-state index is 5.99. The number of aromatic nitrogens is 1. The molecule has 0 aliphatic rings. The van der Waals surface area contributed by atoms with Gasteiger partial charge < -0.3 is 0 Å². The van der Waals surface area contributed by atoms with Gasteiger partial charge in [-0.25, -0.2) is 5.43 Å². The number of hydrogen-bond donors (Lipinski definition) is 2. The van der Waals surface area contributed by atoms with Crippen molar-refractivity contribution >= 4 is 11.6 Å². The lowest BCUT2D eigenvalue weighted by molar-refractivity contribution is 0.631. The van der Waals surface area contributed by atoms with Gasteiger partial charge in [0.25, 0.3) is 0 Å². The molecule has 3 nitrogen and oxygen atoms in total. The van der Waals surface area contributed by atoms with Gasteiger partial charge in [0, 0.05) is 17.4 Å². The van der Waals surface area contributed by atoms with Crippen molar-refractivity contribution in [2.75, 3.05) is 0 Å². The van der Waals surface area contributed by atoms with E-state index in [0.29, 0.717) is 5.02 Å². The Morgan fingerprint density at radius 3 is 2.82 bits per heavy atom. The average Bonchev–Trinajstić information content (AvgIpc) is 2.33. The molecular formula is C13H14ClN3. The van der Waals surface area contributed by atoms with E-state index >= 15 is 0 Å². The van der Waals surface area contributed by atoms with Crippen molar-refractivity contribution in [2.24, 2.45) is 5.84 Å². The minimum Gasteiger partial charge on any atom is -0.271 e. The van der Waals surface area contributed by atoms with Crippen LogP contribution in [0, 0.1) is 6.92 Å². The van der Waals surface area contributed by atoms with E-state index in [9.17, 15) is 0 Å². The van der Waals surface area contributed by atoms with Crippen LogP contribution in [0.25, 0.3) is 0 Å². The number of nitrogens with two attached hydrogens (primary N) is 1. The minimum atomic E-state index is -0.0950. The van der Waals surface area contributed by atoms with Gasteiger partial charge in [0.05, 0.1) is 6.04 Å². The lowest BCUT2D eigenvalue weighted by Crippen LogP contribution is -2.29. The molecule has 1 unspecified atom stereocenters. The lowest BCUT2D eigenvalue weighted by Gasteiger charge is -2.18. The number of aryl methyl sites for hydroxylation is 1. The van der Waals surface area contributed by atoms with Gasteiger partial charge in [-0.05, 0) is 41.8 Å². The summed E-state index contributed by atoms with van der Waals surface area (Å²) in [6.07, 6.45) is 3.59. The summed E-state index contributed by atoms with van der Waals surface area (Å²) in [5.74, 6) is 5.63. The van der Waals surface area contributed by atoms with Crippen molar-refractivity contribution in [3.63, 3.8) is 0 Å². The quantitative estimate of drug-likeness (QED) is 0.648. The second-order valence-corrected chi connectivity index (χ2v) is 4.32. The normalized spacial score (nSPS) is 12.4. The Hall–Kier alpha value is -1.42. The summed E-state index contributed by atoms with van der Waals surface area (Å²) in [5, 5.41) is 0.698. The van der Waals surface area contributed by atoms with E-state index in [4.69, 9.17) is 17.4 Å². The molecule has 88 valence electrons. The molecule has 0 saturated carbocycles. The Morgan fingerprint density at radius 2 is 2.18 bits per heavy atom. The Bertz CT molecular complexity index is 514. The maximum Gasteiger partial charge on any atom is 0.0728 e. The van der Waals surface area contributed by atoms with Gasteiger partial charge >= 0.3 is 0 Å². The predicted molar refractivity (Wildman–Crippen MR) is 69.6 cm³/mol. The number of rotatable bonds is 3. The van der Waals surface area contributed by atoms with Gasteiger partial charge in [-0.2, -0.15) is 0 Å². The standard InChI is InChI=1S/C13H14ClN3/c1-9-5-6-16-8-12(9)13(17-15)10-3-2-4-11(14)7-10/h2-8,13,17H,15H2,1H3. The highest BCUT2D eigenvalue weighted by molar-refractivity contribution is 6.30. The van der Waals surface area contributed by atoms with Crippen LogP contribution in [0.3, 0.4) is 0 Å². The smallest absolute Gasteiger partial charge is 0.0728 e. The fourth-order valence-corrected chi connectivity index (χ4v) is 2.03. The van der Waals surface area contributed by atoms with Crippen LogP contribution in [0.15, 0.2) is 42.7 Å². The first-order valence-electron chi connectivity index (χ1n) is 5.34. The fourth-order valence-electron chi connectivity index (χ4n) is 1.83. The molecule has 0 aliphatic carbocycles. The molecule has 1 aromatic carbocycles. The molecule has 0 aliphatic heterocycles. The Morgan fingerprint density at radius 1 is 1.35 bits per heavy atom. The zero-order valence-corrected chi connectivity index (χ0v) is 10.3. The van der Waals surface area contributed by atoms with Crippen molar-refractivity contribution in [1.29, 1.82) is 0 Å². The largest absolute Gasteiger partial charge is 0.271 e. The number of hydrogen-bond acceptors (Lipinski definition) is 3. The van der Waals surface area contributed by atoms with Gasteiger partial charge in [-0.3, -0.25) is 10.8 Å². The van der Waals surface area contributed by atoms with Crippen LogP contribution in [0.2, 0.25) is 5.02 Å². The van der Waals surface area contributed by atoms with Gasteiger partial charge in [-0.15, -0.1) is 0 Å². The molecule has 0 bridgehead atoms. The van der Waals surface area contributed by atoms with Gasteiger partial charge in [0.1, 0.15) is 0 Å². The van der Waals surface area contributed by atoms with E-state index in [-0.39, 0.29) is 6.04 Å². The summed E-state index contributed by atoms with van der Waals surface area (Å²) in [4.78, 5) is 4.13. The number of halogens is 1. The number of hydrazine groups is 1. The fraction of sp³-hybridized carbons (Fsp3) is 0.154. The van der Waals surface area contributed by atoms with E-state index in [0.717, 1.165) is 16.7 Å². The van der Waals surface area contributed by atoms with Crippen molar-refractivity contribution in [2.45, 2.75) is 13.0 Å². The number of benzene rings is 1. The highest BCUT2D eigenvalue weighted by Gasteiger charge is 2.14. The summed E-state index contributed by atoms with van der Waals surface area (Å²) >= 11 is 5.99. The third-order valence-corrected chi connectivity index (χ3v) is 2.97. The Labute approximate surface area is 106 Å². The monoisotopic (exact) mass is 247 g/mol. The highest BCUT2D eigenvalue weighted by atomic mass is 35.5. The van der Waals surface area contributed by atoms with Crippen LogP contribution < -0.4 is 11.3 Å². The van der Waals surface area contributed by atoms with Gasteiger partial charge in [0.15, 0.2) is 0 Å². The SMILES string of the molecule is Cc1ccncc1C(NN)c1cccc(Cl)c1. The first-order chi connectivity index (χ1) is 8.22. The zero-order valence-electron chi connectivity index (χ0n) is 9.52. The topological polar surface area (TPSA) is 50.9 Å².